The summed E-state index contributed by atoms with van der Waals surface area (Å²) in [6, 6.07) is 7.73. The van der Waals surface area contributed by atoms with Crippen molar-refractivity contribution in [2.45, 2.75) is 46.2 Å². The van der Waals surface area contributed by atoms with Crippen molar-refractivity contribution < 1.29 is 19.5 Å². The number of nitrogens with one attached hydrogen (secondary N) is 3. The lowest BCUT2D eigenvalue weighted by Crippen LogP contribution is -2.48. The average molecular weight is 395 g/mol. The van der Waals surface area contributed by atoms with Crippen molar-refractivity contribution in [2.24, 2.45) is 0 Å². The fourth-order valence-corrected chi connectivity index (χ4v) is 3.43. The summed E-state index contributed by atoms with van der Waals surface area (Å²) in [5.41, 5.74) is 3.77. The molecule has 0 bridgehead atoms. The third-order valence-corrected chi connectivity index (χ3v) is 5.15. The number of amides is 3. The molecule has 0 spiro atoms. The largest absolute Gasteiger partial charge is 0.507 e. The molecule has 4 N–H and O–H groups in total. The number of phenolic OH excluding ortho intramolecular Hbond substituents is 1. The Morgan fingerprint density at radius 1 is 1.03 bits per heavy atom. The summed E-state index contributed by atoms with van der Waals surface area (Å²) < 4.78 is 0. The number of aryl methyl sites for hydroxylation is 2. The van der Waals surface area contributed by atoms with Crippen molar-refractivity contribution in [2.75, 3.05) is 5.32 Å². The highest BCUT2D eigenvalue weighted by Crippen LogP contribution is 2.24. The van der Waals surface area contributed by atoms with E-state index in [0.717, 1.165) is 16.8 Å². The van der Waals surface area contributed by atoms with Gasteiger partial charge in [0.15, 0.2) is 0 Å². The zero-order chi connectivity index (χ0) is 21.3. The van der Waals surface area contributed by atoms with Crippen LogP contribution in [-0.4, -0.2) is 34.9 Å². The molecule has 7 heteroatoms. The highest BCUT2D eigenvalue weighted by Gasteiger charge is 2.23. The summed E-state index contributed by atoms with van der Waals surface area (Å²) in [5, 5.41) is 18.6. The highest BCUT2D eigenvalue weighted by atomic mass is 16.3. The van der Waals surface area contributed by atoms with Gasteiger partial charge >= 0.3 is 0 Å². The summed E-state index contributed by atoms with van der Waals surface area (Å²) in [6.07, 6.45) is 0.262. The van der Waals surface area contributed by atoms with E-state index in [1.54, 1.807) is 45.0 Å². The van der Waals surface area contributed by atoms with Crippen LogP contribution in [0, 0.1) is 13.8 Å². The quantitative estimate of drug-likeness (QED) is 0.624. The van der Waals surface area contributed by atoms with Crippen LogP contribution >= 0.6 is 0 Å². The predicted molar refractivity (Wildman–Crippen MR) is 110 cm³/mol. The zero-order valence-corrected chi connectivity index (χ0v) is 16.9. The Balaban J connectivity index is 1.64. The van der Waals surface area contributed by atoms with Crippen molar-refractivity contribution >= 4 is 23.4 Å². The third-order valence-electron chi connectivity index (χ3n) is 5.15. The zero-order valence-electron chi connectivity index (χ0n) is 16.9. The molecule has 2 aromatic rings. The summed E-state index contributed by atoms with van der Waals surface area (Å²) >= 11 is 0. The van der Waals surface area contributed by atoms with Crippen LogP contribution in [-0.2, 0) is 11.2 Å². The molecule has 152 valence electrons. The Morgan fingerprint density at radius 2 is 1.69 bits per heavy atom. The summed E-state index contributed by atoms with van der Waals surface area (Å²) in [4.78, 5) is 36.6. The molecule has 3 amide bonds. The second-order valence-electron chi connectivity index (χ2n) is 7.60. The summed E-state index contributed by atoms with van der Waals surface area (Å²) in [7, 11) is 0. The maximum Gasteiger partial charge on any atom is 0.255 e. The van der Waals surface area contributed by atoms with Gasteiger partial charge in [0.05, 0.1) is 12.0 Å². The van der Waals surface area contributed by atoms with Crippen molar-refractivity contribution in [1.29, 1.82) is 0 Å². The molecule has 2 aromatic carbocycles. The number of anilines is 1. The van der Waals surface area contributed by atoms with Gasteiger partial charge in [0.25, 0.3) is 11.8 Å². The first-order valence-electron chi connectivity index (χ1n) is 9.50. The van der Waals surface area contributed by atoms with Gasteiger partial charge < -0.3 is 21.1 Å². The standard InChI is InChI=1S/C22H25N3O4/c1-11-7-12(2)20(18(26)8-11)22(29)24-14(4)13(3)23-21(28)15-5-6-17-16(9-15)10-19(27)25-17/h5-9,13-14,26H,10H2,1-4H3,(H,23,28)(H,24,29)(H,25,27)/t13-,14+/m0/s1. The van der Waals surface area contributed by atoms with Crippen molar-refractivity contribution in [3.8, 4) is 5.75 Å². The number of hydrogen-bond acceptors (Lipinski definition) is 4. The number of carbonyl (C=O) groups excluding carboxylic acids is 3. The predicted octanol–water partition coefficient (Wildman–Crippen LogP) is 2.44. The number of rotatable bonds is 5. The number of hydrogen-bond donors (Lipinski definition) is 4. The Morgan fingerprint density at radius 3 is 2.34 bits per heavy atom. The first-order valence-corrected chi connectivity index (χ1v) is 9.50. The van der Waals surface area contributed by atoms with Crippen molar-refractivity contribution in [3.05, 3.63) is 58.1 Å². The minimum Gasteiger partial charge on any atom is -0.507 e. The minimum absolute atomic E-state index is 0.0646. The maximum atomic E-state index is 12.6. The van der Waals surface area contributed by atoms with Gasteiger partial charge in [-0.3, -0.25) is 14.4 Å². The minimum atomic E-state index is -0.393. The topological polar surface area (TPSA) is 108 Å². The third kappa shape index (κ3) is 4.39. The summed E-state index contributed by atoms with van der Waals surface area (Å²) in [5.74, 6) is -0.826. The molecule has 0 radical (unpaired) electrons. The van der Waals surface area contributed by atoms with E-state index in [1.807, 2.05) is 13.0 Å². The van der Waals surface area contributed by atoms with Gasteiger partial charge in [0, 0.05) is 23.3 Å². The molecule has 0 aliphatic carbocycles. The number of carbonyl (C=O) groups is 3. The van der Waals surface area contributed by atoms with E-state index >= 15 is 0 Å². The van der Waals surface area contributed by atoms with E-state index in [9.17, 15) is 19.5 Å². The lowest BCUT2D eigenvalue weighted by Gasteiger charge is -2.23. The van der Waals surface area contributed by atoms with E-state index in [2.05, 4.69) is 16.0 Å². The van der Waals surface area contributed by atoms with E-state index in [1.165, 1.54) is 0 Å². The van der Waals surface area contributed by atoms with Crippen LogP contribution in [0.1, 0.15) is 51.3 Å². The maximum absolute atomic E-state index is 12.6. The number of benzene rings is 2. The van der Waals surface area contributed by atoms with Crippen LogP contribution < -0.4 is 16.0 Å². The number of phenols is 1. The highest BCUT2D eigenvalue weighted by molar-refractivity contribution is 6.02. The van der Waals surface area contributed by atoms with Gasteiger partial charge in [-0.25, -0.2) is 0 Å². The van der Waals surface area contributed by atoms with Gasteiger partial charge in [-0.15, -0.1) is 0 Å². The summed E-state index contributed by atoms with van der Waals surface area (Å²) in [6.45, 7) is 7.20. The Labute approximate surface area is 169 Å². The van der Waals surface area contributed by atoms with E-state index in [0.29, 0.717) is 11.1 Å². The van der Waals surface area contributed by atoms with E-state index < -0.39 is 5.91 Å². The molecule has 0 aromatic heterocycles. The fourth-order valence-electron chi connectivity index (χ4n) is 3.43. The van der Waals surface area contributed by atoms with Crippen LogP contribution in [0.4, 0.5) is 5.69 Å². The molecule has 1 aliphatic rings. The van der Waals surface area contributed by atoms with Crippen LogP contribution in [0.3, 0.4) is 0 Å². The molecular formula is C22H25N3O4. The normalized spacial score (nSPS) is 14.6. The Bertz CT molecular complexity index is 977. The smallest absolute Gasteiger partial charge is 0.255 e. The molecule has 3 rings (SSSR count). The lowest BCUT2D eigenvalue weighted by atomic mass is 10.0. The molecule has 0 saturated heterocycles. The molecule has 1 aliphatic heterocycles. The van der Waals surface area contributed by atoms with Crippen LogP contribution in [0.2, 0.25) is 0 Å². The van der Waals surface area contributed by atoms with E-state index in [-0.39, 0.29) is 41.6 Å². The number of fused-ring (bicyclic) bond motifs is 1. The van der Waals surface area contributed by atoms with Crippen LogP contribution in [0.5, 0.6) is 5.75 Å². The fraction of sp³-hybridized carbons (Fsp3) is 0.318. The second kappa shape index (κ2) is 7.95. The molecule has 7 nitrogen and oxygen atoms in total. The first-order chi connectivity index (χ1) is 13.7. The average Bonchev–Trinajstić information content (AvgIpc) is 2.99. The molecule has 1 heterocycles. The molecule has 29 heavy (non-hydrogen) atoms. The number of aromatic hydroxyl groups is 1. The molecular weight excluding hydrogens is 370 g/mol. The first kappa shape index (κ1) is 20.4. The van der Waals surface area contributed by atoms with Gasteiger partial charge in [-0.1, -0.05) is 6.07 Å². The lowest BCUT2D eigenvalue weighted by molar-refractivity contribution is -0.115. The van der Waals surface area contributed by atoms with Gasteiger partial charge in [0.1, 0.15) is 5.75 Å². The van der Waals surface area contributed by atoms with Crippen molar-refractivity contribution in [1.82, 2.24) is 10.6 Å². The van der Waals surface area contributed by atoms with Gasteiger partial charge in [0.2, 0.25) is 5.91 Å². The second-order valence-corrected chi connectivity index (χ2v) is 7.60. The molecule has 2 atom stereocenters. The van der Waals surface area contributed by atoms with Gasteiger partial charge in [-0.2, -0.15) is 0 Å². The molecule has 0 saturated carbocycles. The van der Waals surface area contributed by atoms with Gasteiger partial charge in [-0.05, 0) is 68.7 Å². The monoisotopic (exact) mass is 395 g/mol. The Hall–Kier alpha value is -3.35. The molecule has 0 fully saturated rings. The van der Waals surface area contributed by atoms with Crippen LogP contribution in [0.15, 0.2) is 30.3 Å². The van der Waals surface area contributed by atoms with E-state index in [4.69, 9.17) is 0 Å². The molecule has 0 unspecified atom stereocenters. The van der Waals surface area contributed by atoms with Crippen LogP contribution in [0.25, 0.3) is 0 Å². The Kier molecular flexibility index (Phi) is 5.59. The van der Waals surface area contributed by atoms with Crippen molar-refractivity contribution in [3.63, 3.8) is 0 Å². The SMILES string of the molecule is Cc1cc(C)c(C(=O)N[C@H](C)[C@H](C)NC(=O)c2ccc3c(c2)CC(=O)N3)c(O)c1.